The maximum atomic E-state index is 10.8. The van der Waals surface area contributed by atoms with Gasteiger partial charge in [0.2, 0.25) is 0 Å². The zero-order valence-electron chi connectivity index (χ0n) is 9.25. The predicted octanol–water partition coefficient (Wildman–Crippen LogP) is 0.501. The number of carboxylic acids is 1. The molecule has 0 aromatic heterocycles. The van der Waals surface area contributed by atoms with Gasteiger partial charge in [0.1, 0.15) is 11.3 Å². The minimum absolute atomic E-state index is 0. The van der Waals surface area contributed by atoms with Crippen LogP contribution in [0.4, 0.5) is 0 Å². The van der Waals surface area contributed by atoms with Gasteiger partial charge in [-0.15, -0.1) is 12.4 Å². The second-order valence-electron chi connectivity index (χ2n) is 3.31. The molecule has 8 heteroatoms. The Balaban J connectivity index is 0.00000289. The van der Waals surface area contributed by atoms with Gasteiger partial charge in [-0.1, -0.05) is 0 Å². The Bertz CT molecular complexity index is 502. The molecule has 7 N–H and O–H groups in total. The Hall–Kier alpha value is -2.28. The molecule has 0 bridgehead atoms. The summed E-state index contributed by atoms with van der Waals surface area (Å²) in [6, 6.07) is 3.91. The van der Waals surface area contributed by atoms with Gasteiger partial charge in [-0.05, 0) is 23.8 Å². The summed E-state index contributed by atoms with van der Waals surface area (Å²) in [7, 11) is 0. The summed E-state index contributed by atoms with van der Waals surface area (Å²) in [6.45, 7) is 0. The Labute approximate surface area is 109 Å². The monoisotopic (exact) mass is 272 g/mol. The van der Waals surface area contributed by atoms with E-state index >= 15 is 0 Å². The van der Waals surface area contributed by atoms with E-state index in [1.54, 1.807) is 0 Å². The Kier molecular flexibility index (Phi) is 5.64. The summed E-state index contributed by atoms with van der Waals surface area (Å²) in [4.78, 5) is 10.8. The lowest BCUT2D eigenvalue weighted by Crippen LogP contribution is -2.17. The molecular weight excluding hydrogens is 260 g/mol. The van der Waals surface area contributed by atoms with E-state index in [2.05, 4.69) is 5.10 Å². The first-order chi connectivity index (χ1) is 7.95. The first-order valence-electron chi connectivity index (χ1n) is 4.62. The quantitative estimate of drug-likeness (QED) is 0.234. The zero-order chi connectivity index (χ0) is 13.0. The molecular formula is C10H13ClN4O3. The number of phenols is 1. The van der Waals surface area contributed by atoms with E-state index in [-0.39, 0.29) is 41.7 Å². The van der Waals surface area contributed by atoms with E-state index in [4.69, 9.17) is 22.1 Å². The van der Waals surface area contributed by atoms with Crippen molar-refractivity contribution in [3.05, 3.63) is 29.3 Å². The summed E-state index contributed by atoms with van der Waals surface area (Å²) in [6.07, 6.45) is 0.0142. The van der Waals surface area contributed by atoms with Gasteiger partial charge in [0, 0.05) is 6.42 Å². The maximum Gasteiger partial charge on any atom is 0.339 e. The number of hydrazone groups is 1. The number of nitrogens with one attached hydrogen (secondary N) is 1. The van der Waals surface area contributed by atoms with Gasteiger partial charge >= 0.3 is 5.97 Å². The van der Waals surface area contributed by atoms with Crippen molar-refractivity contribution in [3.8, 4) is 5.75 Å². The molecule has 0 amide bonds. The lowest BCUT2D eigenvalue weighted by atomic mass is 10.0. The van der Waals surface area contributed by atoms with Crippen molar-refractivity contribution in [2.45, 2.75) is 6.42 Å². The second kappa shape index (κ2) is 6.45. The largest absolute Gasteiger partial charge is 0.507 e. The van der Waals surface area contributed by atoms with E-state index < -0.39 is 5.97 Å². The molecule has 0 heterocycles. The summed E-state index contributed by atoms with van der Waals surface area (Å²) in [5.74, 6) is 3.40. The van der Waals surface area contributed by atoms with E-state index in [1.807, 2.05) is 0 Å². The van der Waals surface area contributed by atoms with E-state index in [0.717, 1.165) is 0 Å². The predicted molar refractivity (Wildman–Crippen MR) is 69.6 cm³/mol. The van der Waals surface area contributed by atoms with Gasteiger partial charge in [0.05, 0.1) is 11.5 Å². The van der Waals surface area contributed by atoms with Crippen LogP contribution in [0.5, 0.6) is 5.75 Å². The summed E-state index contributed by atoms with van der Waals surface area (Å²) < 4.78 is 0. The smallest absolute Gasteiger partial charge is 0.339 e. The average Bonchev–Trinajstić information content (AvgIpc) is 2.26. The standard InChI is InChI=1S/C10H12N4O3.ClH/c11-9(12)4-7(14-13)5-1-2-8(15)6(3-5)10(16)17;/h1-3,15H,4,13H2,(H3,11,12)(H,16,17);1H. The fourth-order valence-electron chi connectivity index (χ4n) is 1.29. The molecule has 0 radical (unpaired) electrons. The Morgan fingerprint density at radius 3 is 2.50 bits per heavy atom. The summed E-state index contributed by atoms with van der Waals surface area (Å²) in [5.41, 5.74) is 5.64. The van der Waals surface area contributed by atoms with Gasteiger partial charge in [0.15, 0.2) is 0 Å². The Morgan fingerprint density at radius 1 is 1.44 bits per heavy atom. The Morgan fingerprint density at radius 2 is 2.06 bits per heavy atom. The summed E-state index contributed by atoms with van der Waals surface area (Å²) >= 11 is 0. The molecule has 0 aliphatic rings. The fraction of sp³-hybridized carbons (Fsp3) is 0.100. The van der Waals surface area contributed by atoms with Crippen molar-refractivity contribution >= 4 is 29.9 Å². The van der Waals surface area contributed by atoms with Crippen LogP contribution in [0.15, 0.2) is 23.3 Å². The number of hydrogen-bond donors (Lipinski definition) is 5. The lowest BCUT2D eigenvalue weighted by Gasteiger charge is -2.06. The number of benzene rings is 1. The third kappa shape index (κ3) is 3.63. The van der Waals surface area contributed by atoms with Gasteiger partial charge in [-0.25, -0.2) is 4.79 Å². The van der Waals surface area contributed by atoms with Crippen LogP contribution in [0.1, 0.15) is 22.3 Å². The highest BCUT2D eigenvalue weighted by Crippen LogP contribution is 2.19. The molecule has 1 rings (SSSR count). The van der Waals surface area contributed by atoms with Crippen LogP contribution < -0.4 is 11.6 Å². The zero-order valence-corrected chi connectivity index (χ0v) is 10.1. The van der Waals surface area contributed by atoms with Crippen molar-refractivity contribution in [2.24, 2.45) is 16.7 Å². The fourth-order valence-corrected chi connectivity index (χ4v) is 1.29. The number of aromatic hydroxyl groups is 1. The molecule has 0 unspecified atom stereocenters. The summed E-state index contributed by atoms with van der Waals surface area (Å²) in [5, 5.41) is 28.7. The minimum atomic E-state index is -1.26. The maximum absolute atomic E-state index is 10.8. The van der Waals surface area contributed by atoms with Crippen molar-refractivity contribution < 1.29 is 15.0 Å². The molecule has 7 nitrogen and oxygen atoms in total. The molecule has 0 aliphatic heterocycles. The number of nitrogens with two attached hydrogens (primary N) is 2. The third-order valence-electron chi connectivity index (χ3n) is 2.07. The average molecular weight is 273 g/mol. The number of carboxylic acid groups (broad SMARTS) is 1. The van der Waals surface area contributed by atoms with Gasteiger partial charge in [-0.2, -0.15) is 5.10 Å². The third-order valence-corrected chi connectivity index (χ3v) is 2.07. The highest BCUT2D eigenvalue weighted by Gasteiger charge is 2.13. The normalized spacial score (nSPS) is 10.6. The van der Waals surface area contributed by atoms with Crippen LogP contribution in [0.2, 0.25) is 0 Å². The van der Waals surface area contributed by atoms with E-state index in [0.29, 0.717) is 5.56 Å². The minimum Gasteiger partial charge on any atom is -0.507 e. The molecule has 0 saturated carbocycles. The number of nitrogens with zero attached hydrogens (tertiary/aromatic N) is 1. The number of rotatable bonds is 4. The number of halogens is 1. The van der Waals surface area contributed by atoms with Crippen molar-refractivity contribution in [1.82, 2.24) is 0 Å². The van der Waals surface area contributed by atoms with E-state index in [9.17, 15) is 9.90 Å². The molecule has 0 fully saturated rings. The number of carbonyl (C=O) groups is 1. The van der Waals surface area contributed by atoms with Crippen molar-refractivity contribution in [1.29, 1.82) is 5.41 Å². The molecule has 18 heavy (non-hydrogen) atoms. The lowest BCUT2D eigenvalue weighted by molar-refractivity contribution is 0.0693. The highest BCUT2D eigenvalue weighted by atomic mass is 35.5. The van der Waals surface area contributed by atoms with Crippen LogP contribution in [0.3, 0.4) is 0 Å². The van der Waals surface area contributed by atoms with Crippen molar-refractivity contribution in [3.63, 3.8) is 0 Å². The van der Waals surface area contributed by atoms with Gasteiger partial charge in [-0.3, -0.25) is 5.41 Å². The molecule has 98 valence electrons. The molecule has 1 aromatic carbocycles. The number of hydrogen-bond acceptors (Lipinski definition) is 5. The number of amidine groups is 1. The first kappa shape index (κ1) is 15.7. The first-order valence-corrected chi connectivity index (χ1v) is 4.62. The second-order valence-corrected chi connectivity index (χ2v) is 3.31. The topological polar surface area (TPSA) is 146 Å². The molecule has 0 saturated heterocycles. The van der Waals surface area contributed by atoms with Crippen LogP contribution >= 0.6 is 12.4 Å². The van der Waals surface area contributed by atoms with Gasteiger partial charge in [0.25, 0.3) is 0 Å². The van der Waals surface area contributed by atoms with Crippen molar-refractivity contribution in [2.75, 3.05) is 0 Å². The SMILES string of the molecule is Cl.N=C(N)CC(=NN)c1ccc(O)c(C(=O)O)c1. The van der Waals surface area contributed by atoms with Crippen LogP contribution in [0, 0.1) is 5.41 Å². The molecule has 0 aliphatic carbocycles. The van der Waals surface area contributed by atoms with Crippen LogP contribution in [0.25, 0.3) is 0 Å². The highest BCUT2D eigenvalue weighted by molar-refractivity contribution is 6.11. The molecule has 0 atom stereocenters. The van der Waals surface area contributed by atoms with Crippen LogP contribution in [-0.4, -0.2) is 27.7 Å². The molecule has 1 aromatic rings. The number of aromatic carboxylic acids is 1. The van der Waals surface area contributed by atoms with Crippen LogP contribution in [-0.2, 0) is 0 Å². The van der Waals surface area contributed by atoms with E-state index in [1.165, 1.54) is 18.2 Å². The van der Waals surface area contributed by atoms with Gasteiger partial charge < -0.3 is 21.8 Å². The molecule has 0 spiro atoms.